The highest BCUT2D eigenvalue weighted by atomic mass is 16.2. The van der Waals surface area contributed by atoms with Gasteiger partial charge in [0.25, 0.3) is 5.91 Å². The lowest BCUT2D eigenvalue weighted by Gasteiger charge is -2.35. The maximum atomic E-state index is 12.5. The predicted molar refractivity (Wildman–Crippen MR) is 74.6 cm³/mol. The Morgan fingerprint density at radius 3 is 2.58 bits per heavy atom. The van der Waals surface area contributed by atoms with Gasteiger partial charge >= 0.3 is 0 Å². The Morgan fingerprint density at radius 1 is 1.16 bits per heavy atom. The van der Waals surface area contributed by atoms with Crippen LogP contribution in [0, 0.1) is 0 Å². The lowest BCUT2D eigenvalue weighted by Crippen LogP contribution is -2.42. The number of rotatable bonds is 1. The van der Waals surface area contributed by atoms with E-state index in [0.29, 0.717) is 12.1 Å². The number of likely N-dealkylation sites (N-methyl/N-ethyl adjacent to an activating group) is 1. The van der Waals surface area contributed by atoms with Gasteiger partial charge in [-0.3, -0.25) is 9.48 Å². The van der Waals surface area contributed by atoms with E-state index in [9.17, 15) is 4.79 Å². The molecule has 3 rings (SSSR count). The van der Waals surface area contributed by atoms with E-state index in [0.717, 1.165) is 17.9 Å². The van der Waals surface area contributed by atoms with Gasteiger partial charge in [-0.1, -0.05) is 12.1 Å². The quantitative estimate of drug-likeness (QED) is 0.776. The number of hydrogen-bond donors (Lipinski definition) is 0. The molecule has 0 radical (unpaired) electrons. The van der Waals surface area contributed by atoms with Crippen LogP contribution in [0.3, 0.4) is 0 Å². The van der Waals surface area contributed by atoms with Crippen molar-refractivity contribution in [2.75, 3.05) is 29.9 Å². The number of aromatic nitrogens is 2. The average Bonchev–Trinajstić information content (AvgIpc) is 2.86. The van der Waals surface area contributed by atoms with E-state index in [1.165, 1.54) is 0 Å². The first-order valence-corrected chi connectivity index (χ1v) is 6.27. The molecular formula is C14H16N4O. The third-order valence-electron chi connectivity index (χ3n) is 3.44. The van der Waals surface area contributed by atoms with E-state index in [4.69, 9.17) is 0 Å². The Morgan fingerprint density at radius 2 is 1.89 bits per heavy atom. The molecule has 98 valence electrons. The lowest BCUT2D eigenvalue weighted by atomic mass is 10.1. The van der Waals surface area contributed by atoms with Crippen LogP contribution in [0.1, 0.15) is 10.4 Å². The maximum Gasteiger partial charge on any atom is 0.261 e. The normalized spacial score (nSPS) is 14.4. The van der Waals surface area contributed by atoms with Crippen molar-refractivity contribution < 1.29 is 4.79 Å². The van der Waals surface area contributed by atoms with Gasteiger partial charge in [0.05, 0.1) is 23.1 Å². The van der Waals surface area contributed by atoms with Gasteiger partial charge in [0.2, 0.25) is 0 Å². The Bertz CT molecular complexity index is 619. The van der Waals surface area contributed by atoms with Gasteiger partial charge in [0, 0.05) is 33.4 Å². The first-order valence-electron chi connectivity index (χ1n) is 6.27. The molecule has 1 aliphatic heterocycles. The molecule has 0 spiro atoms. The average molecular weight is 256 g/mol. The number of anilines is 2. The summed E-state index contributed by atoms with van der Waals surface area (Å²) < 4.78 is 1.65. The minimum absolute atomic E-state index is 0.00801. The zero-order valence-electron chi connectivity index (χ0n) is 11.1. The molecule has 2 aromatic rings. The van der Waals surface area contributed by atoms with Crippen LogP contribution >= 0.6 is 0 Å². The highest BCUT2D eigenvalue weighted by molar-refractivity contribution is 6.08. The van der Waals surface area contributed by atoms with Crippen LogP contribution in [-0.4, -0.2) is 35.8 Å². The van der Waals surface area contributed by atoms with Crippen molar-refractivity contribution in [2.45, 2.75) is 0 Å². The van der Waals surface area contributed by atoms with Gasteiger partial charge in [0.1, 0.15) is 0 Å². The molecule has 1 aliphatic rings. The fraction of sp³-hybridized carbons (Fsp3) is 0.286. The minimum Gasteiger partial charge on any atom is -0.371 e. The molecule has 5 nitrogen and oxygen atoms in total. The van der Waals surface area contributed by atoms with Crippen molar-refractivity contribution in [3.05, 3.63) is 42.2 Å². The molecule has 5 heteroatoms. The van der Waals surface area contributed by atoms with Crippen molar-refractivity contribution in [2.24, 2.45) is 7.05 Å². The van der Waals surface area contributed by atoms with Crippen molar-refractivity contribution in [3.8, 4) is 0 Å². The summed E-state index contributed by atoms with van der Waals surface area (Å²) in [6, 6.07) is 7.98. The van der Waals surface area contributed by atoms with E-state index < -0.39 is 0 Å². The number of nitrogens with zero attached hydrogens (tertiary/aromatic N) is 4. The number of hydrogen-bond acceptors (Lipinski definition) is 3. The number of fused-ring (bicyclic) bond motifs is 1. The summed E-state index contributed by atoms with van der Waals surface area (Å²) in [7, 11) is 3.86. The minimum atomic E-state index is 0.00801. The Hall–Kier alpha value is -2.30. The van der Waals surface area contributed by atoms with Gasteiger partial charge in [0.15, 0.2) is 0 Å². The first kappa shape index (κ1) is 11.8. The molecule has 0 bridgehead atoms. The van der Waals surface area contributed by atoms with E-state index in [2.05, 4.69) is 10.00 Å². The number of carbonyl (C=O) groups is 1. The van der Waals surface area contributed by atoms with Crippen LogP contribution < -0.4 is 9.80 Å². The van der Waals surface area contributed by atoms with Gasteiger partial charge in [-0.2, -0.15) is 5.10 Å². The van der Waals surface area contributed by atoms with E-state index >= 15 is 0 Å². The van der Waals surface area contributed by atoms with E-state index in [1.807, 2.05) is 43.3 Å². The fourth-order valence-corrected chi connectivity index (χ4v) is 2.40. The number of para-hydroxylation sites is 2. The standard InChI is InChI=1S/C14H16N4O/c1-16-7-8-18(13-6-4-3-5-12(13)16)14(19)11-9-15-17(2)10-11/h3-6,9-10H,7-8H2,1-2H3. The highest BCUT2D eigenvalue weighted by Crippen LogP contribution is 2.32. The monoisotopic (exact) mass is 256 g/mol. The number of carbonyl (C=O) groups excluding carboxylic acids is 1. The van der Waals surface area contributed by atoms with Crippen LogP contribution in [0.5, 0.6) is 0 Å². The second-order valence-electron chi connectivity index (χ2n) is 4.77. The van der Waals surface area contributed by atoms with Gasteiger partial charge < -0.3 is 9.80 Å². The smallest absolute Gasteiger partial charge is 0.261 e. The van der Waals surface area contributed by atoms with E-state index in [1.54, 1.807) is 17.1 Å². The van der Waals surface area contributed by atoms with Gasteiger partial charge in [-0.25, -0.2) is 0 Å². The van der Waals surface area contributed by atoms with Crippen LogP contribution in [0.15, 0.2) is 36.7 Å². The molecule has 0 atom stereocenters. The third kappa shape index (κ3) is 1.97. The van der Waals surface area contributed by atoms with Crippen LogP contribution in [0.25, 0.3) is 0 Å². The van der Waals surface area contributed by atoms with Crippen molar-refractivity contribution in [3.63, 3.8) is 0 Å². The molecule has 1 aromatic carbocycles. The molecule has 0 saturated carbocycles. The molecule has 1 amide bonds. The predicted octanol–water partition coefficient (Wildman–Crippen LogP) is 1.52. The van der Waals surface area contributed by atoms with Crippen LogP contribution in [-0.2, 0) is 7.05 Å². The summed E-state index contributed by atoms with van der Waals surface area (Å²) in [5, 5.41) is 4.06. The zero-order valence-corrected chi connectivity index (χ0v) is 11.1. The number of aryl methyl sites for hydroxylation is 1. The van der Waals surface area contributed by atoms with E-state index in [-0.39, 0.29) is 5.91 Å². The van der Waals surface area contributed by atoms with Gasteiger partial charge in [-0.05, 0) is 12.1 Å². The second kappa shape index (κ2) is 4.42. The fourth-order valence-electron chi connectivity index (χ4n) is 2.40. The molecule has 19 heavy (non-hydrogen) atoms. The number of benzene rings is 1. The Kier molecular flexibility index (Phi) is 2.74. The zero-order chi connectivity index (χ0) is 13.4. The highest BCUT2D eigenvalue weighted by Gasteiger charge is 2.26. The summed E-state index contributed by atoms with van der Waals surface area (Å²) >= 11 is 0. The molecule has 0 unspecified atom stereocenters. The summed E-state index contributed by atoms with van der Waals surface area (Å²) in [5.74, 6) is 0.00801. The second-order valence-corrected chi connectivity index (χ2v) is 4.77. The lowest BCUT2D eigenvalue weighted by molar-refractivity contribution is 0.0986. The third-order valence-corrected chi connectivity index (χ3v) is 3.44. The topological polar surface area (TPSA) is 41.4 Å². The van der Waals surface area contributed by atoms with Crippen molar-refractivity contribution >= 4 is 17.3 Å². The van der Waals surface area contributed by atoms with Crippen molar-refractivity contribution in [1.29, 1.82) is 0 Å². The van der Waals surface area contributed by atoms with Crippen LogP contribution in [0.4, 0.5) is 11.4 Å². The molecular weight excluding hydrogens is 240 g/mol. The SMILES string of the molecule is CN1CCN(C(=O)c2cnn(C)c2)c2ccccc21. The summed E-state index contributed by atoms with van der Waals surface area (Å²) in [4.78, 5) is 16.5. The summed E-state index contributed by atoms with van der Waals surface area (Å²) in [6.45, 7) is 1.53. The Balaban J connectivity index is 1.98. The molecule has 1 aromatic heterocycles. The maximum absolute atomic E-state index is 12.5. The van der Waals surface area contributed by atoms with Crippen molar-refractivity contribution in [1.82, 2.24) is 9.78 Å². The van der Waals surface area contributed by atoms with Crippen LogP contribution in [0.2, 0.25) is 0 Å². The molecule has 0 saturated heterocycles. The molecule has 0 N–H and O–H groups in total. The number of amides is 1. The summed E-state index contributed by atoms with van der Waals surface area (Å²) in [5.41, 5.74) is 2.68. The first-order chi connectivity index (χ1) is 9.16. The molecule has 0 aliphatic carbocycles. The Labute approximate surface area is 112 Å². The molecule has 0 fully saturated rings. The van der Waals surface area contributed by atoms with Gasteiger partial charge in [-0.15, -0.1) is 0 Å². The molecule has 2 heterocycles. The summed E-state index contributed by atoms with van der Waals surface area (Å²) in [6.07, 6.45) is 3.37. The largest absolute Gasteiger partial charge is 0.371 e.